The first-order valence-electron chi connectivity index (χ1n) is 8.52. The Bertz CT molecular complexity index is 546. The van der Waals surface area contributed by atoms with Gasteiger partial charge in [-0.1, -0.05) is 30.3 Å². The van der Waals surface area contributed by atoms with E-state index in [0.717, 1.165) is 25.1 Å². The fraction of sp³-hybridized carbons (Fsp3) is 0.556. The maximum Gasteiger partial charge on any atom is 0.225 e. The van der Waals surface area contributed by atoms with Gasteiger partial charge < -0.3 is 15.5 Å². The Kier molecular flexibility index (Phi) is 7.06. The smallest absolute Gasteiger partial charge is 0.225 e. The van der Waals surface area contributed by atoms with E-state index in [2.05, 4.69) is 10.6 Å². The third-order valence-corrected chi connectivity index (χ3v) is 4.82. The van der Waals surface area contributed by atoms with Crippen LogP contribution in [0.1, 0.15) is 24.8 Å². The molecule has 24 heavy (non-hydrogen) atoms. The molecule has 2 amide bonds. The van der Waals surface area contributed by atoms with Crippen LogP contribution >= 0.6 is 12.4 Å². The lowest BCUT2D eigenvalue weighted by molar-refractivity contribution is -0.129. The minimum Gasteiger partial charge on any atom is -0.356 e. The maximum absolute atomic E-state index is 12.3. The highest BCUT2D eigenvalue weighted by molar-refractivity contribution is 5.89. The van der Waals surface area contributed by atoms with Crippen LogP contribution in [0.25, 0.3) is 0 Å². The van der Waals surface area contributed by atoms with Gasteiger partial charge in [-0.2, -0.15) is 0 Å². The summed E-state index contributed by atoms with van der Waals surface area (Å²) in [6.45, 7) is 3.99. The van der Waals surface area contributed by atoms with Crippen LogP contribution in [-0.4, -0.2) is 42.9 Å². The van der Waals surface area contributed by atoms with E-state index in [1.54, 1.807) is 4.90 Å². The second kappa shape index (κ2) is 9.04. The van der Waals surface area contributed by atoms with Crippen molar-refractivity contribution in [1.82, 2.24) is 15.5 Å². The molecular formula is C18H26ClN3O2. The highest BCUT2D eigenvalue weighted by atomic mass is 35.5. The van der Waals surface area contributed by atoms with Crippen molar-refractivity contribution in [3.63, 3.8) is 0 Å². The lowest BCUT2D eigenvalue weighted by Crippen LogP contribution is -2.34. The number of nitrogens with zero attached hydrogens (tertiary/aromatic N) is 1. The summed E-state index contributed by atoms with van der Waals surface area (Å²) in [5.41, 5.74) is 1.11. The number of rotatable bonds is 6. The molecule has 2 heterocycles. The SMILES string of the molecule is Cl.O=C(NCCC1CCNC1)C1CC(=O)N(Cc2ccccc2)C1. The quantitative estimate of drug-likeness (QED) is 0.818. The van der Waals surface area contributed by atoms with Gasteiger partial charge in [-0.25, -0.2) is 0 Å². The Balaban J connectivity index is 0.00000208. The summed E-state index contributed by atoms with van der Waals surface area (Å²) in [4.78, 5) is 26.2. The number of hydrogen-bond donors (Lipinski definition) is 2. The van der Waals surface area contributed by atoms with Crippen molar-refractivity contribution in [3.8, 4) is 0 Å². The van der Waals surface area contributed by atoms with Gasteiger partial charge in [0.25, 0.3) is 0 Å². The van der Waals surface area contributed by atoms with E-state index < -0.39 is 0 Å². The number of hydrogen-bond acceptors (Lipinski definition) is 3. The molecule has 0 bridgehead atoms. The fourth-order valence-electron chi connectivity index (χ4n) is 3.41. The Labute approximate surface area is 149 Å². The van der Waals surface area contributed by atoms with E-state index in [4.69, 9.17) is 0 Å². The van der Waals surface area contributed by atoms with E-state index in [-0.39, 0.29) is 30.1 Å². The molecule has 0 aromatic heterocycles. The Hall–Kier alpha value is -1.59. The summed E-state index contributed by atoms with van der Waals surface area (Å²) in [6, 6.07) is 9.92. The summed E-state index contributed by atoms with van der Waals surface area (Å²) >= 11 is 0. The molecule has 2 aliphatic heterocycles. The van der Waals surface area contributed by atoms with Crippen LogP contribution in [-0.2, 0) is 16.1 Å². The minimum absolute atomic E-state index is 0. The summed E-state index contributed by atoms with van der Waals surface area (Å²) in [5.74, 6) is 0.580. The van der Waals surface area contributed by atoms with Gasteiger partial charge in [0.2, 0.25) is 11.8 Å². The zero-order valence-electron chi connectivity index (χ0n) is 13.9. The first-order valence-corrected chi connectivity index (χ1v) is 8.52. The molecule has 2 atom stereocenters. The molecule has 2 fully saturated rings. The molecule has 0 aliphatic carbocycles. The average molecular weight is 352 g/mol. The summed E-state index contributed by atoms with van der Waals surface area (Å²) in [6.07, 6.45) is 2.55. The highest BCUT2D eigenvalue weighted by Crippen LogP contribution is 2.20. The van der Waals surface area contributed by atoms with Crippen molar-refractivity contribution >= 4 is 24.2 Å². The monoisotopic (exact) mass is 351 g/mol. The lowest BCUT2D eigenvalue weighted by atomic mass is 10.0. The van der Waals surface area contributed by atoms with Crippen molar-refractivity contribution in [2.24, 2.45) is 11.8 Å². The number of amides is 2. The van der Waals surface area contributed by atoms with Gasteiger partial charge in [-0.3, -0.25) is 9.59 Å². The summed E-state index contributed by atoms with van der Waals surface area (Å²) in [5, 5.41) is 6.35. The van der Waals surface area contributed by atoms with Crippen LogP contribution in [0.3, 0.4) is 0 Å². The molecule has 132 valence electrons. The van der Waals surface area contributed by atoms with E-state index in [1.807, 2.05) is 30.3 Å². The largest absolute Gasteiger partial charge is 0.356 e. The van der Waals surface area contributed by atoms with Crippen molar-refractivity contribution in [2.75, 3.05) is 26.2 Å². The number of likely N-dealkylation sites (tertiary alicyclic amines) is 1. The second-order valence-corrected chi connectivity index (χ2v) is 6.60. The maximum atomic E-state index is 12.3. The van der Waals surface area contributed by atoms with Crippen LogP contribution < -0.4 is 10.6 Å². The van der Waals surface area contributed by atoms with Crippen molar-refractivity contribution in [3.05, 3.63) is 35.9 Å². The topological polar surface area (TPSA) is 61.4 Å². The average Bonchev–Trinajstić information content (AvgIpc) is 3.19. The molecule has 1 aromatic carbocycles. The summed E-state index contributed by atoms with van der Waals surface area (Å²) in [7, 11) is 0. The molecule has 3 rings (SSSR count). The van der Waals surface area contributed by atoms with Gasteiger partial charge in [-0.15, -0.1) is 12.4 Å². The highest BCUT2D eigenvalue weighted by Gasteiger charge is 2.34. The van der Waals surface area contributed by atoms with Crippen molar-refractivity contribution in [1.29, 1.82) is 0 Å². The third kappa shape index (κ3) is 4.95. The van der Waals surface area contributed by atoms with Gasteiger partial charge >= 0.3 is 0 Å². The van der Waals surface area contributed by atoms with E-state index >= 15 is 0 Å². The number of nitrogens with one attached hydrogen (secondary N) is 2. The zero-order valence-corrected chi connectivity index (χ0v) is 14.7. The van der Waals surface area contributed by atoms with Gasteiger partial charge in [0.05, 0.1) is 5.92 Å². The van der Waals surface area contributed by atoms with Gasteiger partial charge in [0, 0.05) is 26.1 Å². The Morgan fingerprint density at radius 3 is 2.79 bits per heavy atom. The van der Waals surface area contributed by atoms with Crippen molar-refractivity contribution in [2.45, 2.75) is 25.8 Å². The van der Waals surface area contributed by atoms with Crippen LogP contribution in [0.5, 0.6) is 0 Å². The molecule has 0 radical (unpaired) electrons. The van der Waals surface area contributed by atoms with E-state index in [1.165, 1.54) is 6.42 Å². The molecule has 0 spiro atoms. The van der Waals surface area contributed by atoms with Gasteiger partial charge in [-0.05, 0) is 37.4 Å². The van der Waals surface area contributed by atoms with E-state index in [0.29, 0.717) is 32.0 Å². The zero-order chi connectivity index (χ0) is 16.1. The van der Waals surface area contributed by atoms with Crippen LogP contribution in [0.4, 0.5) is 0 Å². The third-order valence-electron chi connectivity index (χ3n) is 4.82. The number of carbonyl (C=O) groups is 2. The predicted octanol–water partition coefficient (Wildman–Crippen LogP) is 1.57. The number of benzene rings is 1. The molecule has 6 heteroatoms. The fourth-order valence-corrected chi connectivity index (χ4v) is 3.41. The molecule has 2 saturated heterocycles. The molecule has 0 saturated carbocycles. The first-order chi connectivity index (χ1) is 11.2. The lowest BCUT2D eigenvalue weighted by Gasteiger charge is -2.17. The molecule has 5 nitrogen and oxygen atoms in total. The first kappa shape index (κ1) is 18.7. The molecule has 1 aromatic rings. The standard InChI is InChI=1S/C18H25N3O2.ClH/c22-17-10-16(13-21(17)12-15-4-2-1-3-5-15)18(23)20-9-7-14-6-8-19-11-14;/h1-5,14,16,19H,6-13H2,(H,20,23);1H. The van der Waals surface area contributed by atoms with Crippen LogP contribution in [0.2, 0.25) is 0 Å². The normalized spacial score (nSPS) is 23.2. The summed E-state index contributed by atoms with van der Waals surface area (Å²) < 4.78 is 0. The number of halogens is 1. The van der Waals surface area contributed by atoms with Crippen LogP contribution in [0, 0.1) is 11.8 Å². The van der Waals surface area contributed by atoms with Crippen molar-refractivity contribution < 1.29 is 9.59 Å². The van der Waals surface area contributed by atoms with Gasteiger partial charge in [0.1, 0.15) is 0 Å². The second-order valence-electron chi connectivity index (χ2n) is 6.60. The molecule has 2 unspecified atom stereocenters. The van der Waals surface area contributed by atoms with Gasteiger partial charge in [0.15, 0.2) is 0 Å². The molecular weight excluding hydrogens is 326 g/mol. The molecule has 2 N–H and O–H groups in total. The Morgan fingerprint density at radius 1 is 1.29 bits per heavy atom. The predicted molar refractivity (Wildman–Crippen MR) is 95.8 cm³/mol. The molecule has 2 aliphatic rings. The van der Waals surface area contributed by atoms with E-state index in [9.17, 15) is 9.59 Å². The number of carbonyl (C=O) groups excluding carboxylic acids is 2. The Morgan fingerprint density at radius 2 is 2.08 bits per heavy atom. The van der Waals surface area contributed by atoms with Crippen LogP contribution in [0.15, 0.2) is 30.3 Å². The minimum atomic E-state index is -0.201.